The van der Waals surface area contributed by atoms with Crippen molar-refractivity contribution in [1.82, 2.24) is 9.47 Å². The van der Waals surface area contributed by atoms with Crippen LogP contribution in [0.25, 0.3) is 6.08 Å². The molecule has 2 aromatic rings. The molecule has 0 radical (unpaired) electrons. The molecule has 9 heteroatoms. The van der Waals surface area contributed by atoms with Crippen LogP contribution in [0.1, 0.15) is 54.9 Å². The Bertz CT molecular complexity index is 1320. The van der Waals surface area contributed by atoms with Crippen LogP contribution in [-0.4, -0.2) is 46.4 Å². The molecule has 0 spiro atoms. The largest absolute Gasteiger partial charge is 0.497 e. The van der Waals surface area contributed by atoms with Gasteiger partial charge in [0.1, 0.15) is 27.5 Å². The molecule has 2 fully saturated rings. The summed E-state index contributed by atoms with van der Waals surface area (Å²) in [6, 6.07) is 9.89. The number of nitrogens with zero attached hydrogens (tertiary/aromatic N) is 4. The topological polar surface area (TPSA) is 78.6 Å². The van der Waals surface area contributed by atoms with E-state index >= 15 is 0 Å². The summed E-state index contributed by atoms with van der Waals surface area (Å²) in [4.78, 5) is 31.1. The summed E-state index contributed by atoms with van der Waals surface area (Å²) in [5, 5.41) is 9.79. The number of nitriles is 1. The maximum Gasteiger partial charge on any atom is 0.270 e. The van der Waals surface area contributed by atoms with Gasteiger partial charge in [-0.2, -0.15) is 5.26 Å². The maximum absolute atomic E-state index is 13.5. The molecule has 0 saturated carbocycles. The van der Waals surface area contributed by atoms with Crippen LogP contribution in [0.2, 0.25) is 0 Å². The Balaban J connectivity index is 1.70. The van der Waals surface area contributed by atoms with Gasteiger partial charge in [0.25, 0.3) is 11.5 Å². The van der Waals surface area contributed by atoms with Crippen molar-refractivity contribution in [3.8, 4) is 11.8 Å². The molecule has 2 aliphatic rings. The fourth-order valence-corrected chi connectivity index (χ4v) is 6.21. The number of anilines is 1. The molecule has 194 valence electrons. The molecule has 37 heavy (non-hydrogen) atoms. The molecule has 1 amide bonds. The number of amides is 1. The SMILES string of the molecule is CCn1c(N2CCCCCC2)c(/C=C2/SC(=S)N(CCc3ccc(OC)cc3)C2=O)c(C)c(C#N)c1=O. The number of pyridine rings is 1. The van der Waals surface area contributed by atoms with Gasteiger partial charge in [-0.1, -0.05) is 49.0 Å². The first-order chi connectivity index (χ1) is 17.9. The highest BCUT2D eigenvalue weighted by molar-refractivity contribution is 8.26. The molecule has 2 saturated heterocycles. The van der Waals surface area contributed by atoms with E-state index in [1.807, 2.05) is 37.3 Å². The number of thioether (sulfide) groups is 1. The number of carbonyl (C=O) groups is 1. The van der Waals surface area contributed by atoms with Crippen LogP contribution >= 0.6 is 24.0 Å². The van der Waals surface area contributed by atoms with E-state index in [-0.39, 0.29) is 17.0 Å². The van der Waals surface area contributed by atoms with Gasteiger partial charge in [0.2, 0.25) is 0 Å². The fraction of sp³-hybridized carbons (Fsp3) is 0.429. The quantitative estimate of drug-likeness (QED) is 0.369. The van der Waals surface area contributed by atoms with Gasteiger partial charge in [0.05, 0.1) is 12.0 Å². The predicted molar refractivity (Wildman–Crippen MR) is 153 cm³/mol. The Hall–Kier alpha value is -3.09. The van der Waals surface area contributed by atoms with E-state index in [1.165, 1.54) is 11.8 Å². The van der Waals surface area contributed by atoms with Gasteiger partial charge in [-0.3, -0.25) is 19.1 Å². The number of benzene rings is 1. The van der Waals surface area contributed by atoms with Gasteiger partial charge in [0.15, 0.2) is 0 Å². The van der Waals surface area contributed by atoms with Crippen LogP contribution in [0.5, 0.6) is 5.75 Å². The first kappa shape index (κ1) is 27.0. The van der Waals surface area contributed by atoms with Crippen LogP contribution in [0, 0.1) is 18.3 Å². The summed E-state index contributed by atoms with van der Waals surface area (Å²) in [7, 11) is 1.63. The normalized spacial score (nSPS) is 17.3. The van der Waals surface area contributed by atoms with Crippen LogP contribution in [0.15, 0.2) is 34.0 Å². The summed E-state index contributed by atoms with van der Waals surface area (Å²) in [5.74, 6) is 1.45. The Kier molecular flexibility index (Phi) is 8.72. The molecule has 3 heterocycles. The average molecular weight is 537 g/mol. The van der Waals surface area contributed by atoms with Gasteiger partial charge in [0, 0.05) is 31.7 Å². The summed E-state index contributed by atoms with van der Waals surface area (Å²) in [6.45, 7) is 6.33. The van der Waals surface area contributed by atoms with Gasteiger partial charge < -0.3 is 9.64 Å². The van der Waals surface area contributed by atoms with E-state index < -0.39 is 0 Å². The maximum atomic E-state index is 13.5. The Morgan fingerprint density at radius 1 is 1.14 bits per heavy atom. The van der Waals surface area contributed by atoms with Gasteiger partial charge >= 0.3 is 0 Å². The summed E-state index contributed by atoms with van der Waals surface area (Å²) in [6.07, 6.45) is 6.91. The number of aromatic nitrogens is 1. The number of thiocarbonyl (C=S) groups is 1. The van der Waals surface area contributed by atoms with Gasteiger partial charge in [-0.15, -0.1) is 0 Å². The van der Waals surface area contributed by atoms with Crippen molar-refractivity contribution < 1.29 is 9.53 Å². The standard InChI is InChI=1S/C28H32N4O3S2/c1-4-31-25(30-14-7-5-6-8-15-30)22(19(2)23(18-29)26(31)33)17-24-27(34)32(28(36)37-24)16-13-20-9-11-21(35-3)12-10-20/h9-12,17H,4-8,13-16H2,1-3H3/b24-17+. The molecule has 0 bridgehead atoms. The molecule has 0 aliphatic carbocycles. The molecule has 0 N–H and O–H groups in total. The summed E-state index contributed by atoms with van der Waals surface area (Å²) < 4.78 is 7.43. The zero-order valence-electron chi connectivity index (χ0n) is 21.6. The lowest BCUT2D eigenvalue weighted by molar-refractivity contribution is -0.122. The average Bonchev–Trinajstić information content (AvgIpc) is 3.07. The van der Waals surface area contributed by atoms with Gasteiger partial charge in [-0.05, 0) is 62.4 Å². The molecule has 7 nitrogen and oxygen atoms in total. The van der Waals surface area contributed by atoms with Crippen molar-refractivity contribution in [2.24, 2.45) is 0 Å². The lowest BCUT2D eigenvalue weighted by Gasteiger charge is -2.29. The third-order valence-corrected chi connectivity index (χ3v) is 8.38. The number of hydrogen-bond donors (Lipinski definition) is 0. The molecular weight excluding hydrogens is 504 g/mol. The minimum Gasteiger partial charge on any atom is -0.497 e. The van der Waals surface area contributed by atoms with Crippen molar-refractivity contribution in [2.45, 2.75) is 52.5 Å². The predicted octanol–water partition coefficient (Wildman–Crippen LogP) is 4.88. The minimum atomic E-state index is -0.272. The number of ether oxygens (including phenoxy) is 1. The first-order valence-corrected chi connectivity index (χ1v) is 13.9. The lowest BCUT2D eigenvalue weighted by Crippen LogP contribution is -2.35. The molecular formula is C28H32N4O3S2. The van der Waals surface area contributed by atoms with E-state index in [1.54, 1.807) is 23.5 Å². The highest BCUT2D eigenvalue weighted by atomic mass is 32.2. The zero-order chi connectivity index (χ0) is 26.5. The first-order valence-electron chi connectivity index (χ1n) is 12.7. The van der Waals surface area contributed by atoms with Crippen molar-refractivity contribution in [3.05, 3.63) is 61.8 Å². The van der Waals surface area contributed by atoms with Crippen LogP contribution in [0.4, 0.5) is 5.82 Å². The van der Waals surface area contributed by atoms with E-state index in [0.29, 0.717) is 34.3 Å². The zero-order valence-corrected chi connectivity index (χ0v) is 23.2. The fourth-order valence-electron chi connectivity index (χ4n) is 4.92. The highest BCUT2D eigenvalue weighted by Crippen LogP contribution is 2.36. The Labute approximate surface area is 227 Å². The number of methoxy groups -OCH3 is 1. The molecule has 0 atom stereocenters. The van der Waals surface area contributed by atoms with Crippen molar-refractivity contribution in [2.75, 3.05) is 31.6 Å². The van der Waals surface area contributed by atoms with Gasteiger partial charge in [-0.25, -0.2) is 0 Å². The second-order valence-corrected chi connectivity index (χ2v) is 10.9. The van der Waals surface area contributed by atoms with Crippen molar-refractivity contribution >= 4 is 46.1 Å². The molecule has 1 aromatic heterocycles. The van der Waals surface area contributed by atoms with E-state index in [2.05, 4.69) is 11.0 Å². The van der Waals surface area contributed by atoms with E-state index in [0.717, 1.165) is 61.5 Å². The summed E-state index contributed by atoms with van der Waals surface area (Å²) >= 11 is 6.86. The second kappa shape index (κ2) is 12.0. The highest BCUT2D eigenvalue weighted by Gasteiger charge is 2.33. The third-order valence-electron chi connectivity index (χ3n) is 7.00. The Morgan fingerprint density at radius 2 is 1.81 bits per heavy atom. The summed E-state index contributed by atoms with van der Waals surface area (Å²) in [5.41, 5.74) is 2.31. The molecule has 1 aromatic carbocycles. The smallest absolute Gasteiger partial charge is 0.270 e. The minimum absolute atomic E-state index is 0.127. The monoisotopic (exact) mass is 536 g/mol. The van der Waals surface area contributed by atoms with Crippen LogP contribution < -0.4 is 15.2 Å². The number of hydrogen-bond acceptors (Lipinski definition) is 7. The molecule has 4 rings (SSSR count). The molecule has 2 aliphatic heterocycles. The number of rotatable bonds is 7. The van der Waals surface area contributed by atoms with Crippen LogP contribution in [0.3, 0.4) is 0 Å². The Morgan fingerprint density at radius 3 is 2.41 bits per heavy atom. The molecule has 0 unspecified atom stereocenters. The lowest BCUT2D eigenvalue weighted by atomic mass is 10.0. The van der Waals surface area contributed by atoms with E-state index in [4.69, 9.17) is 17.0 Å². The van der Waals surface area contributed by atoms with Crippen molar-refractivity contribution in [1.29, 1.82) is 5.26 Å². The van der Waals surface area contributed by atoms with Crippen LogP contribution in [-0.2, 0) is 17.8 Å². The number of carbonyl (C=O) groups excluding carboxylic acids is 1. The van der Waals surface area contributed by atoms with Crippen molar-refractivity contribution in [3.63, 3.8) is 0 Å². The van der Waals surface area contributed by atoms with E-state index in [9.17, 15) is 14.9 Å². The third kappa shape index (κ3) is 5.60. The second-order valence-electron chi connectivity index (χ2n) is 9.23.